The largest absolute Gasteiger partial charge is 0.494 e. The van der Waals surface area contributed by atoms with Gasteiger partial charge in [-0.25, -0.2) is 4.39 Å². The van der Waals surface area contributed by atoms with Crippen molar-refractivity contribution in [1.29, 1.82) is 0 Å². The van der Waals surface area contributed by atoms with Gasteiger partial charge in [0.1, 0.15) is 11.5 Å². The van der Waals surface area contributed by atoms with Crippen LogP contribution in [0.25, 0.3) is 0 Å². The topological polar surface area (TPSA) is 68.3 Å². The molecule has 0 radical (unpaired) electrons. The number of anilines is 1. The molecule has 1 aliphatic rings. The molecular weight excluding hydrogens is 495 g/mol. The van der Waals surface area contributed by atoms with E-state index < -0.39 is 23.1 Å². The molecule has 0 saturated heterocycles. The minimum Gasteiger partial charge on any atom is -0.494 e. The van der Waals surface area contributed by atoms with Crippen molar-refractivity contribution in [2.24, 2.45) is 0 Å². The van der Waals surface area contributed by atoms with Gasteiger partial charge in [0.05, 0.1) is 18.0 Å². The third-order valence-electron chi connectivity index (χ3n) is 5.81. The van der Waals surface area contributed by atoms with Crippen LogP contribution >= 0.6 is 11.8 Å². The quantitative estimate of drug-likeness (QED) is 0.371. The zero-order valence-electron chi connectivity index (χ0n) is 21.1. The summed E-state index contributed by atoms with van der Waals surface area (Å²) < 4.78 is 31.4. The number of hydrogen-bond acceptors (Lipinski definition) is 7. The van der Waals surface area contributed by atoms with Crippen molar-refractivity contribution < 1.29 is 28.2 Å². The Kier molecular flexibility index (Phi) is 8.35. The second kappa shape index (κ2) is 11.7. The number of benzene rings is 3. The van der Waals surface area contributed by atoms with Gasteiger partial charge in [-0.2, -0.15) is 0 Å². The molecule has 0 spiro atoms. The van der Waals surface area contributed by atoms with Gasteiger partial charge in [-0.3, -0.25) is 9.59 Å². The van der Waals surface area contributed by atoms with E-state index in [4.69, 9.17) is 14.2 Å². The molecule has 0 saturated carbocycles. The number of carbonyl (C=O) groups excluding carboxylic acids is 2. The average molecular weight is 525 g/mol. The Labute approximate surface area is 220 Å². The fourth-order valence-corrected chi connectivity index (χ4v) is 5.36. The Morgan fingerprint density at radius 2 is 1.81 bits per heavy atom. The van der Waals surface area contributed by atoms with Crippen LogP contribution in [0, 0.1) is 5.82 Å². The summed E-state index contributed by atoms with van der Waals surface area (Å²) in [6.45, 7) is 2.23. The van der Waals surface area contributed by atoms with Crippen molar-refractivity contribution >= 4 is 29.3 Å². The lowest BCUT2D eigenvalue weighted by Crippen LogP contribution is -2.45. The SMILES string of the molecule is COc1ccc([C@H]2Sc3cc(Oc4ccccc4)ccc3N(CCN(C)C)C(=O)[C@H]2OC(C)=O)cc1F. The Balaban J connectivity index is 1.81. The molecule has 0 aromatic heterocycles. The standard InChI is InChI=1S/C28H29FN2O5S/c1-18(32)35-26-27(19-10-13-24(34-4)22(29)16-19)37-25-17-21(36-20-8-6-5-7-9-20)11-12-23(25)31(28(26)33)15-14-30(2)3/h5-13,16-17,26-27H,14-15H2,1-4H3/t26-,27+/m0/s1. The maximum atomic E-state index is 14.7. The predicted molar refractivity (Wildman–Crippen MR) is 141 cm³/mol. The molecule has 3 aromatic carbocycles. The predicted octanol–water partition coefficient (Wildman–Crippen LogP) is 5.30. The number of likely N-dealkylation sites (N-methyl/N-ethyl adjacent to an activating group) is 1. The lowest BCUT2D eigenvalue weighted by Gasteiger charge is -2.28. The van der Waals surface area contributed by atoms with Gasteiger partial charge in [0.15, 0.2) is 17.7 Å². The number of hydrogen-bond donors (Lipinski definition) is 0. The van der Waals surface area contributed by atoms with Crippen LogP contribution in [0.5, 0.6) is 17.2 Å². The number of rotatable bonds is 8. The number of para-hydroxylation sites is 1. The Hall–Kier alpha value is -3.56. The van der Waals surface area contributed by atoms with Crippen molar-refractivity contribution in [3.05, 3.63) is 78.1 Å². The first-order valence-electron chi connectivity index (χ1n) is 11.8. The van der Waals surface area contributed by atoms with Crippen molar-refractivity contribution in [1.82, 2.24) is 4.90 Å². The van der Waals surface area contributed by atoms with Crippen molar-refractivity contribution in [3.8, 4) is 17.2 Å². The molecule has 0 unspecified atom stereocenters. The number of esters is 1. The average Bonchev–Trinajstić information content (AvgIpc) is 2.97. The molecule has 3 aromatic rings. The fourth-order valence-electron chi connectivity index (χ4n) is 4.02. The molecule has 0 bridgehead atoms. The fraction of sp³-hybridized carbons (Fsp3) is 0.286. The summed E-state index contributed by atoms with van der Waals surface area (Å²) in [6.07, 6.45) is -1.16. The molecule has 7 nitrogen and oxygen atoms in total. The van der Waals surface area contributed by atoms with Crippen LogP contribution in [-0.4, -0.2) is 57.2 Å². The Bertz CT molecular complexity index is 1270. The first-order chi connectivity index (χ1) is 17.8. The molecule has 1 aliphatic heterocycles. The third-order valence-corrected chi connectivity index (χ3v) is 7.16. The van der Waals surface area contributed by atoms with E-state index >= 15 is 0 Å². The smallest absolute Gasteiger partial charge is 0.303 e. The first-order valence-corrected chi connectivity index (χ1v) is 12.6. The van der Waals surface area contributed by atoms with E-state index in [1.165, 1.54) is 37.9 Å². The number of fused-ring (bicyclic) bond motifs is 1. The summed E-state index contributed by atoms with van der Waals surface area (Å²) in [5.41, 5.74) is 1.17. The molecule has 0 aliphatic carbocycles. The molecule has 9 heteroatoms. The third kappa shape index (κ3) is 6.23. The Morgan fingerprint density at radius 3 is 2.46 bits per heavy atom. The molecule has 2 atom stereocenters. The van der Waals surface area contributed by atoms with Gasteiger partial charge >= 0.3 is 5.97 Å². The number of thioether (sulfide) groups is 1. The highest BCUT2D eigenvalue weighted by atomic mass is 32.2. The molecule has 0 N–H and O–H groups in total. The van der Waals surface area contributed by atoms with E-state index in [1.54, 1.807) is 17.0 Å². The van der Waals surface area contributed by atoms with Crippen LogP contribution in [-0.2, 0) is 14.3 Å². The van der Waals surface area contributed by atoms with Crippen LogP contribution < -0.4 is 14.4 Å². The lowest BCUT2D eigenvalue weighted by molar-refractivity contribution is -0.152. The van der Waals surface area contributed by atoms with Crippen molar-refractivity contribution in [3.63, 3.8) is 0 Å². The summed E-state index contributed by atoms with van der Waals surface area (Å²) in [7, 11) is 5.22. The van der Waals surface area contributed by atoms with Gasteiger partial charge in [-0.15, -0.1) is 11.8 Å². The van der Waals surface area contributed by atoms with Gasteiger partial charge in [0, 0.05) is 24.9 Å². The van der Waals surface area contributed by atoms with Crippen LogP contribution in [0.3, 0.4) is 0 Å². The molecule has 37 heavy (non-hydrogen) atoms. The molecular formula is C28H29FN2O5S. The van der Waals surface area contributed by atoms with E-state index in [1.807, 2.05) is 61.5 Å². The number of carbonyl (C=O) groups is 2. The second-order valence-electron chi connectivity index (χ2n) is 8.80. The summed E-state index contributed by atoms with van der Waals surface area (Å²) in [6, 6.07) is 19.4. The van der Waals surface area contributed by atoms with E-state index in [2.05, 4.69) is 0 Å². The number of amides is 1. The maximum Gasteiger partial charge on any atom is 0.303 e. The minimum absolute atomic E-state index is 0.0873. The molecule has 0 fully saturated rings. The highest BCUT2D eigenvalue weighted by Gasteiger charge is 2.41. The monoisotopic (exact) mass is 524 g/mol. The van der Waals surface area contributed by atoms with Crippen LogP contribution in [0.2, 0.25) is 0 Å². The van der Waals surface area contributed by atoms with Gasteiger partial charge in [-0.05, 0) is 62.1 Å². The van der Waals surface area contributed by atoms with E-state index in [0.717, 1.165) is 4.90 Å². The van der Waals surface area contributed by atoms with Gasteiger partial charge in [0.2, 0.25) is 0 Å². The zero-order valence-corrected chi connectivity index (χ0v) is 22.0. The van der Waals surface area contributed by atoms with Gasteiger partial charge in [-0.1, -0.05) is 24.3 Å². The van der Waals surface area contributed by atoms with E-state index in [9.17, 15) is 14.0 Å². The highest BCUT2D eigenvalue weighted by molar-refractivity contribution is 7.99. The lowest BCUT2D eigenvalue weighted by atomic mass is 10.0. The van der Waals surface area contributed by atoms with E-state index in [0.29, 0.717) is 35.8 Å². The molecule has 1 heterocycles. The van der Waals surface area contributed by atoms with Crippen LogP contribution in [0.4, 0.5) is 10.1 Å². The van der Waals surface area contributed by atoms with Crippen LogP contribution in [0.1, 0.15) is 17.7 Å². The normalized spacial score (nSPS) is 17.2. The second-order valence-corrected chi connectivity index (χ2v) is 9.98. The van der Waals surface area contributed by atoms with Gasteiger partial charge < -0.3 is 24.0 Å². The van der Waals surface area contributed by atoms with Crippen LogP contribution in [0.15, 0.2) is 71.6 Å². The summed E-state index contributed by atoms with van der Waals surface area (Å²) >= 11 is 1.33. The highest BCUT2D eigenvalue weighted by Crippen LogP contribution is 2.48. The number of ether oxygens (including phenoxy) is 3. The number of nitrogens with zero attached hydrogens (tertiary/aromatic N) is 2. The summed E-state index contributed by atoms with van der Waals surface area (Å²) in [5.74, 6) is -0.184. The van der Waals surface area contributed by atoms with Crippen molar-refractivity contribution in [2.45, 2.75) is 23.2 Å². The first kappa shape index (κ1) is 26.5. The summed E-state index contributed by atoms with van der Waals surface area (Å²) in [5, 5.41) is -0.702. The Morgan fingerprint density at radius 1 is 1.05 bits per heavy atom. The number of halogens is 1. The summed E-state index contributed by atoms with van der Waals surface area (Å²) in [4.78, 5) is 30.3. The number of methoxy groups -OCH3 is 1. The molecule has 4 rings (SSSR count). The van der Waals surface area contributed by atoms with Gasteiger partial charge in [0.25, 0.3) is 5.91 Å². The zero-order chi connectivity index (χ0) is 26.5. The van der Waals surface area contributed by atoms with E-state index in [-0.39, 0.29) is 11.7 Å². The minimum atomic E-state index is -1.16. The maximum absolute atomic E-state index is 14.7. The molecule has 194 valence electrons. The molecule has 1 amide bonds. The van der Waals surface area contributed by atoms with Crippen molar-refractivity contribution in [2.75, 3.05) is 39.2 Å².